The third kappa shape index (κ3) is 4.97. The van der Waals surface area contributed by atoms with Gasteiger partial charge in [-0.05, 0) is 48.5 Å². The molecule has 0 radical (unpaired) electrons. The van der Waals surface area contributed by atoms with Crippen molar-refractivity contribution in [1.29, 1.82) is 0 Å². The van der Waals surface area contributed by atoms with Crippen LogP contribution in [-0.4, -0.2) is 36.6 Å². The first-order valence-electron chi connectivity index (χ1n) is 13.3. The lowest BCUT2D eigenvalue weighted by Crippen LogP contribution is -2.22. The number of fused-ring (bicyclic) bond motifs is 4. The summed E-state index contributed by atoms with van der Waals surface area (Å²) in [5.41, 5.74) is 1.83. The maximum atomic E-state index is 13.5. The van der Waals surface area contributed by atoms with Crippen molar-refractivity contribution in [2.45, 2.75) is 37.3 Å². The first-order chi connectivity index (χ1) is 20.0. The molecule has 0 fully saturated rings. The Bertz CT molecular complexity index is 2150. The number of aromatic nitrogens is 3. The SMILES string of the molecule is C[Si](C)(C)CCOCn1c(-c2ccnc3c2ccn3S(=O)(=O)c2ccccc2)cc2c(=O)oc3ccc(Cl)c(Cl)c3c21. The molecule has 6 rings (SSSR count). The number of nitrogens with zero attached hydrogens (tertiary/aromatic N) is 3. The summed E-state index contributed by atoms with van der Waals surface area (Å²) in [5, 5.41) is 1.96. The molecule has 0 spiro atoms. The highest BCUT2D eigenvalue weighted by Crippen LogP contribution is 2.39. The Morgan fingerprint density at radius 1 is 1.00 bits per heavy atom. The molecule has 0 N–H and O–H groups in total. The van der Waals surface area contributed by atoms with E-state index in [9.17, 15) is 13.2 Å². The van der Waals surface area contributed by atoms with E-state index in [0.717, 1.165) is 6.04 Å². The second kappa shape index (κ2) is 10.7. The van der Waals surface area contributed by atoms with Crippen molar-refractivity contribution < 1.29 is 17.6 Å². The molecule has 0 aliphatic carbocycles. The summed E-state index contributed by atoms with van der Waals surface area (Å²) in [6, 6.07) is 17.6. The fourth-order valence-corrected chi connectivity index (χ4v) is 7.48. The molecule has 0 aliphatic rings. The van der Waals surface area contributed by atoms with Crippen molar-refractivity contribution in [2.75, 3.05) is 6.61 Å². The number of benzene rings is 2. The Kier molecular flexibility index (Phi) is 7.31. The standard InChI is InChI=1S/C30H27Cl2N3O5SSi/c1-42(2,3)16-15-39-18-34-24(17-22-28(34)26-25(40-30(22)36)10-9-23(31)27(26)32)20-11-13-33-29-21(20)12-14-35(29)41(37,38)19-7-5-4-6-8-19/h4-14,17H,15-16,18H2,1-3H3. The lowest BCUT2D eigenvalue weighted by molar-refractivity contribution is 0.0914. The summed E-state index contributed by atoms with van der Waals surface area (Å²) >= 11 is 13.1. The molecule has 0 atom stereocenters. The van der Waals surface area contributed by atoms with Crippen molar-refractivity contribution in [3.05, 3.63) is 93.5 Å². The van der Waals surface area contributed by atoms with E-state index in [1.54, 1.807) is 66.9 Å². The predicted molar refractivity (Wildman–Crippen MR) is 170 cm³/mol. The van der Waals surface area contributed by atoms with E-state index in [1.807, 2.05) is 4.57 Å². The van der Waals surface area contributed by atoms with E-state index in [2.05, 4.69) is 24.6 Å². The van der Waals surface area contributed by atoms with Crippen molar-refractivity contribution in [3.63, 3.8) is 0 Å². The highest BCUT2D eigenvalue weighted by Gasteiger charge is 2.25. The topological polar surface area (TPSA) is 96.3 Å². The molecule has 0 saturated heterocycles. The summed E-state index contributed by atoms with van der Waals surface area (Å²) in [7, 11) is -5.27. The Hall–Kier alpha value is -3.41. The summed E-state index contributed by atoms with van der Waals surface area (Å²) in [6.07, 6.45) is 3.04. The Labute approximate surface area is 253 Å². The lowest BCUT2D eigenvalue weighted by Gasteiger charge is -2.17. The number of halogens is 2. The molecule has 6 aromatic rings. The van der Waals surface area contributed by atoms with E-state index < -0.39 is 23.7 Å². The third-order valence-corrected chi connectivity index (χ3v) is 11.3. The molecule has 0 unspecified atom stereocenters. The summed E-state index contributed by atoms with van der Waals surface area (Å²) in [4.78, 5) is 17.8. The normalized spacial score (nSPS) is 12.6. The molecule has 0 aliphatic heterocycles. The van der Waals surface area contributed by atoms with Crippen LogP contribution in [0, 0.1) is 0 Å². The van der Waals surface area contributed by atoms with Gasteiger partial charge in [-0.3, -0.25) is 0 Å². The second-order valence-corrected chi connectivity index (χ2v) is 19.4. The van der Waals surface area contributed by atoms with Gasteiger partial charge in [-0.1, -0.05) is 61.0 Å². The zero-order valence-corrected chi connectivity index (χ0v) is 26.4. The van der Waals surface area contributed by atoms with Crippen LogP contribution in [0.2, 0.25) is 35.7 Å². The molecule has 0 amide bonds. The number of pyridine rings is 1. The smallest absolute Gasteiger partial charge is 0.345 e. The average Bonchev–Trinajstić information content (AvgIpc) is 3.56. The highest BCUT2D eigenvalue weighted by atomic mass is 35.5. The molecule has 42 heavy (non-hydrogen) atoms. The maximum Gasteiger partial charge on any atom is 0.345 e. The van der Waals surface area contributed by atoms with Gasteiger partial charge in [0.25, 0.3) is 10.0 Å². The van der Waals surface area contributed by atoms with Crippen LogP contribution in [0.5, 0.6) is 0 Å². The third-order valence-electron chi connectivity index (χ3n) is 7.16. The van der Waals surface area contributed by atoms with Gasteiger partial charge in [0.1, 0.15) is 12.3 Å². The molecule has 8 nitrogen and oxygen atoms in total. The molecule has 4 aromatic heterocycles. The molecular formula is C30H27Cl2N3O5SSi. The number of hydrogen-bond donors (Lipinski definition) is 0. The van der Waals surface area contributed by atoms with E-state index in [1.165, 1.54) is 10.2 Å². The van der Waals surface area contributed by atoms with E-state index in [4.69, 9.17) is 32.4 Å². The van der Waals surface area contributed by atoms with E-state index in [0.29, 0.717) is 50.1 Å². The zero-order chi connectivity index (χ0) is 29.8. The molecule has 0 bridgehead atoms. The minimum atomic E-state index is -3.90. The van der Waals surface area contributed by atoms with Gasteiger partial charge in [0, 0.05) is 38.0 Å². The van der Waals surface area contributed by atoms with Gasteiger partial charge in [-0.15, -0.1) is 0 Å². The van der Waals surface area contributed by atoms with Crippen LogP contribution in [0.15, 0.2) is 87.2 Å². The molecular weight excluding hydrogens is 613 g/mol. The van der Waals surface area contributed by atoms with Crippen LogP contribution in [0.3, 0.4) is 0 Å². The van der Waals surface area contributed by atoms with Gasteiger partial charge in [-0.2, -0.15) is 0 Å². The maximum absolute atomic E-state index is 13.5. The van der Waals surface area contributed by atoms with E-state index in [-0.39, 0.29) is 22.3 Å². The molecule has 0 saturated carbocycles. The van der Waals surface area contributed by atoms with Gasteiger partial charge in [0.2, 0.25) is 0 Å². The van der Waals surface area contributed by atoms with Gasteiger partial charge in [0.05, 0.1) is 36.9 Å². The fourth-order valence-electron chi connectivity index (χ4n) is 5.00. The Balaban J connectivity index is 1.59. The predicted octanol–water partition coefficient (Wildman–Crippen LogP) is 7.62. The van der Waals surface area contributed by atoms with Crippen LogP contribution < -0.4 is 5.63 Å². The quantitative estimate of drug-likeness (QED) is 0.0965. The minimum absolute atomic E-state index is 0.123. The van der Waals surface area contributed by atoms with Crippen molar-refractivity contribution in [2.24, 2.45) is 0 Å². The van der Waals surface area contributed by atoms with Gasteiger partial charge in [-0.25, -0.2) is 22.2 Å². The van der Waals surface area contributed by atoms with Crippen LogP contribution in [0.25, 0.3) is 44.2 Å². The lowest BCUT2D eigenvalue weighted by atomic mass is 10.1. The number of hydrogen-bond acceptors (Lipinski definition) is 6. The number of ether oxygens (including phenoxy) is 1. The largest absolute Gasteiger partial charge is 0.422 e. The summed E-state index contributed by atoms with van der Waals surface area (Å²) in [5.74, 6) is 0. The van der Waals surface area contributed by atoms with Gasteiger partial charge in [0.15, 0.2) is 5.65 Å². The zero-order valence-electron chi connectivity index (χ0n) is 23.1. The van der Waals surface area contributed by atoms with Gasteiger partial charge < -0.3 is 13.7 Å². The first-order valence-corrected chi connectivity index (χ1v) is 19.2. The first kappa shape index (κ1) is 28.7. The highest BCUT2D eigenvalue weighted by molar-refractivity contribution is 7.90. The Morgan fingerprint density at radius 3 is 2.50 bits per heavy atom. The van der Waals surface area contributed by atoms with Gasteiger partial charge >= 0.3 is 5.63 Å². The average molecular weight is 641 g/mol. The van der Waals surface area contributed by atoms with Crippen molar-refractivity contribution in [1.82, 2.24) is 13.5 Å². The number of rotatable bonds is 8. The second-order valence-electron chi connectivity index (χ2n) is 11.2. The molecule has 216 valence electrons. The van der Waals surface area contributed by atoms with Crippen LogP contribution in [0.1, 0.15) is 0 Å². The van der Waals surface area contributed by atoms with Crippen LogP contribution in [0.4, 0.5) is 0 Å². The van der Waals surface area contributed by atoms with Crippen LogP contribution >= 0.6 is 23.2 Å². The molecule has 12 heteroatoms. The molecule has 4 heterocycles. The van der Waals surface area contributed by atoms with Crippen molar-refractivity contribution >= 4 is 74.2 Å². The van der Waals surface area contributed by atoms with Crippen molar-refractivity contribution in [3.8, 4) is 11.3 Å². The van der Waals surface area contributed by atoms with Crippen LogP contribution in [-0.2, 0) is 21.5 Å². The minimum Gasteiger partial charge on any atom is -0.422 e. The monoisotopic (exact) mass is 639 g/mol. The summed E-state index contributed by atoms with van der Waals surface area (Å²) < 4.78 is 41.9. The molecule has 2 aromatic carbocycles. The summed E-state index contributed by atoms with van der Waals surface area (Å²) in [6.45, 7) is 7.48. The van der Waals surface area contributed by atoms with E-state index >= 15 is 0 Å². The Morgan fingerprint density at radius 2 is 1.76 bits per heavy atom. The fraction of sp³-hybridized carbons (Fsp3) is 0.200.